The fourth-order valence-electron chi connectivity index (χ4n) is 2.57. The molecular formula is C18H18FN5O. The van der Waals surface area contributed by atoms with Crippen LogP contribution < -0.4 is 5.32 Å². The summed E-state index contributed by atoms with van der Waals surface area (Å²) in [4.78, 5) is 25.1. The number of hydrogen-bond donors (Lipinski definition) is 1. The lowest BCUT2D eigenvalue weighted by molar-refractivity contribution is -0.115. The summed E-state index contributed by atoms with van der Waals surface area (Å²) >= 11 is 0. The number of aryl methyl sites for hydroxylation is 2. The van der Waals surface area contributed by atoms with Gasteiger partial charge in [0.05, 0.1) is 30.2 Å². The molecule has 0 aliphatic carbocycles. The standard InChI is InChI=1S/C18H18FN5O/c1-11-12(2)24(13(3)22-11)18-20-9-16(10-21-18)23-17(25)8-14-4-6-15(19)7-5-14/h4-7,9-10H,8H2,1-3H3,(H,23,25). The van der Waals surface area contributed by atoms with E-state index in [1.807, 2.05) is 25.3 Å². The summed E-state index contributed by atoms with van der Waals surface area (Å²) in [6, 6.07) is 5.83. The predicted molar refractivity (Wildman–Crippen MR) is 92.1 cm³/mol. The van der Waals surface area contributed by atoms with Crippen LogP contribution >= 0.6 is 0 Å². The maximum atomic E-state index is 12.9. The van der Waals surface area contributed by atoms with Crippen molar-refractivity contribution in [3.63, 3.8) is 0 Å². The van der Waals surface area contributed by atoms with Crippen molar-refractivity contribution >= 4 is 11.6 Å². The Bertz CT molecular complexity index is 900. The van der Waals surface area contributed by atoms with Crippen LogP contribution in [0, 0.1) is 26.6 Å². The molecule has 0 unspecified atom stereocenters. The number of aromatic nitrogens is 4. The van der Waals surface area contributed by atoms with Crippen molar-refractivity contribution in [1.29, 1.82) is 0 Å². The molecule has 0 spiro atoms. The van der Waals surface area contributed by atoms with Gasteiger partial charge in [0.15, 0.2) is 0 Å². The molecule has 0 saturated heterocycles. The second-order valence-electron chi connectivity index (χ2n) is 5.79. The van der Waals surface area contributed by atoms with Crippen LogP contribution in [0.3, 0.4) is 0 Å². The van der Waals surface area contributed by atoms with Gasteiger partial charge in [-0.2, -0.15) is 0 Å². The molecule has 6 nitrogen and oxygen atoms in total. The van der Waals surface area contributed by atoms with Crippen molar-refractivity contribution in [2.45, 2.75) is 27.2 Å². The van der Waals surface area contributed by atoms with E-state index in [1.165, 1.54) is 12.1 Å². The first-order valence-electron chi connectivity index (χ1n) is 7.83. The SMILES string of the molecule is Cc1nc(C)n(-c2ncc(NC(=O)Cc3ccc(F)cc3)cn2)c1C. The third kappa shape index (κ3) is 3.71. The smallest absolute Gasteiger partial charge is 0.235 e. The third-order valence-electron chi connectivity index (χ3n) is 3.91. The van der Waals surface area contributed by atoms with Gasteiger partial charge in [-0.15, -0.1) is 0 Å². The van der Waals surface area contributed by atoms with Crippen LogP contribution in [-0.4, -0.2) is 25.4 Å². The van der Waals surface area contributed by atoms with Crippen molar-refractivity contribution in [3.05, 3.63) is 65.3 Å². The van der Waals surface area contributed by atoms with Crippen LogP contribution in [0.25, 0.3) is 5.95 Å². The van der Waals surface area contributed by atoms with Gasteiger partial charge in [0, 0.05) is 5.69 Å². The Hall–Kier alpha value is -3.09. The summed E-state index contributed by atoms with van der Waals surface area (Å²) in [5.74, 6) is 0.775. The average Bonchev–Trinajstić information content (AvgIpc) is 2.83. The van der Waals surface area contributed by atoms with E-state index < -0.39 is 0 Å². The van der Waals surface area contributed by atoms with E-state index in [0.29, 0.717) is 11.6 Å². The molecule has 3 rings (SSSR count). The topological polar surface area (TPSA) is 72.7 Å². The highest BCUT2D eigenvalue weighted by Gasteiger charge is 2.12. The van der Waals surface area contributed by atoms with Crippen molar-refractivity contribution in [2.24, 2.45) is 0 Å². The van der Waals surface area contributed by atoms with E-state index in [1.54, 1.807) is 24.5 Å². The molecule has 0 aliphatic rings. The first kappa shape index (κ1) is 16.8. The minimum atomic E-state index is -0.325. The summed E-state index contributed by atoms with van der Waals surface area (Å²) in [6.45, 7) is 5.78. The van der Waals surface area contributed by atoms with E-state index >= 15 is 0 Å². The maximum absolute atomic E-state index is 12.9. The Kier molecular flexibility index (Phi) is 4.56. The quantitative estimate of drug-likeness (QED) is 0.793. The van der Waals surface area contributed by atoms with Crippen LogP contribution in [-0.2, 0) is 11.2 Å². The molecular weight excluding hydrogens is 321 g/mol. The summed E-state index contributed by atoms with van der Waals surface area (Å²) in [5, 5.41) is 2.74. The van der Waals surface area contributed by atoms with E-state index in [0.717, 1.165) is 22.8 Å². The third-order valence-corrected chi connectivity index (χ3v) is 3.91. The summed E-state index contributed by atoms with van der Waals surface area (Å²) < 4.78 is 14.7. The van der Waals surface area contributed by atoms with Gasteiger partial charge < -0.3 is 5.32 Å². The Balaban J connectivity index is 1.70. The molecule has 1 N–H and O–H groups in total. The zero-order chi connectivity index (χ0) is 18.0. The maximum Gasteiger partial charge on any atom is 0.235 e. The van der Waals surface area contributed by atoms with Crippen LogP contribution in [0.4, 0.5) is 10.1 Å². The lowest BCUT2D eigenvalue weighted by Gasteiger charge is -2.08. The zero-order valence-electron chi connectivity index (χ0n) is 14.2. The van der Waals surface area contributed by atoms with Gasteiger partial charge in [-0.25, -0.2) is 19.3 Å². The molecule has 0 fully saturated rings. The number of carbonyl (C=O) groups excluding carboxylic acids is 1. The summed E-state index contributed by atoms with van der Waals surface area (Å²) in [6.07, 6.45) is 3.26. The number of benzene rings is 1. The number of imidazole rings is 1. The highest BCUT2D eigenvalue weighted by Crippen LogP contribution is 2.15. The van der Waals surface area contributed by atoms with Crippen LogP contribution in [0.2, 0.25) is 0 Å². The Morgan fingerprint density at radius 2 is 1.76 bits per heavy atom. The van der Waals surface area contributed by atoms with Gasteiger partial charge in [0.1, 0.15) is 11.6 Å². The van der Waals surface area contributed by atoms with E-state index in [4.69, 9.17) is 0 Å². The van der Waals surface area contributed by atoms with Crippen LogP contribution in [0.15, 0.2) is 36.7 Å². The lowest BCUT2D eigenvalue weighted by atomic mass is 10.1. The number of amides is 1. The molecule has 7 heteroatoms. The molecule has 3 aromatic rings. The number of carbonyl (C=O) groups is 1. The molecule has 0 atom stereocenters. The fourth-order valence-corrected chi connectivity index (χ4v) is 2.57. The first-order chi connectivity index (χ1) is 11.9. The normalized spacial score (nSPS) is 10.7. The Morgan fingerprint density at radius 1 is 1.12 bits per heavy atom. The van der Waals surface area contributed by atoms with Crippen molar-refractivity contribution in [3.8, 4) is 5.95 Å². The Labute approximate surface area is 144 Å². The van der Waals surface area contributed by atoms with Crippen LogP contribution in [0.1, 0.15) is 22.8 Å². The molecule has 2 aromatic heterocycles. The molecule has 128 valence electrons. The highest BCUT2D eigenvalue weighted by atomic mass is 19.1. The van der Waals surface area contributed by atoms with Gasteiger partial charge in [0.25, 0.3) is 0 Å². The minimum absolute atomic E-state index is 0.154. The largest absolute Gasteiger partial charge is 0.323 e. The zero-order valence-corrected chi connectivity index (χ0v) is 14.2. The molecule has 2 heterocycles. The monoisotopic (exact) mass is 339 g/mol. The molecule has 1 aromatic carbocycles. The molecule has 0 bridgehead atoms. The highest BCUT2D eigenvalue weighted by molar-refractivity contribution is 5.91. The van der Waals surface area contributed by atoms with Gasteiger partial charge in [-0.3, -0.25) is 9.36 Å². The molecule has 0 radical (unpaired) electrons. The van der Waals surface area contributed by atoms with Gasteiger partial charge in [0.2, 0.25) is 11.9 Å². The van der Waals surface area contributed by atoms with E-state index in [9.17, 15) is 9.18 Å². The predicted octanol–water partition coefficient (Wildman–Crippen LogP) is 2.91. The number of anilines is 1. The van der Waals surface area contributed by atoms with Gasteiger partial charge in [-0.05, 0) is 38.5 Å². The van der Waals surface area contributed by atoms with Crippen molar-refractivity contribution < 1.29 is 9.18 Å². The lowest BCUT2D eigenvalue weighted by Crippen LogP contribution is -2.15. The van der Waals surface area contributed by atoms with Gasteiger partial charge >= 0.3 is 0 Å². The number of hydrogen-bond acceptors (Lipinski definition) is 4. The number of rotatable bonds is 4. The van der Waals surface area contributed by atoms with Crippen molar-refractivity contribution in [1.82, 2.24) is 19.5 Å². The van der Waals surface area contributed by atoms with E-state index in [-0.39, 0.29) is 18.1 Å². The first-order valence-corrected chi connectivity index (χ1v) is 7.83. The fraction of sp³-hybridized carbons (Fsp3) is 0.222. The van der Waals surface area contributed by atoms with Crippen molar-refractivity contribution in [2.75, 3.05) is 5.32 Å². The minimum Gasteiger partial charge on any atom is -0.323 e. The number of halogens is 1. The molecule has 1 amide bonds. The van der Waals surface area contributed by atoms with Gasteiger partial charge in [-0.1, -0.05) is 12.1 Å². The molecule has 25 heavy (non-hydrogen) atoms. The molecule has 0 aliphatic heterocycles. The molecule has 0 saturated carbocycles. The summed E-state index contributed by atoms with van der Waals surface area (Å²) in [7, 11) is 0. The summed E-state index contributed by atoms with van der Waals surface area (Å²) in [5.41, 5.74) is 3.14. The number of nitrogens with zero attached hydrogens (tertiary/aromatic N) is 4. The second-order valence-corrected chi connectivity index (χ2v) is 5.79. The average molecular weight is 339 g/mol. The second kappa shape index (κ2) is 6.80. The number of nitrogens with one attached hydrogen (secondary N) is 1. The Morgan fingerprint density at radius 3 is 2.32 bits per heavy atom. The van der Waals surface area contributed by atoms with Crippen LogP contribution in [0.5, 0.6) is 0 Å². The van der Waals surface area contributed by atoms with E-state index in [2.05, 4.69) is 20.3 Å².